The molecular weight excluding hydrogens is 316 g/mol. The van der Waals surface area contributed by atoms with Crippen LogP contribution in [0.3, 0.4) is 0 Å². The van der Waals surface area contributed by atoms with Crippen molar-refractivity contribution in [2.24, 2.45) is 10.2 Å². The van der Waals surface area contributed by atoms with Gasteiger partial charge in [0.05, 0.1) is 0 Å². The summed E-state index contributed by atoms with van der Waals surface area (Å²) in [5, 5.41) is 7.35. The molecule has 0 atom stereocenters. The summed E-state index contributed by atoms with van der Waals surface area (Å²) in [6, 6.07) is 11.5. The summed E-state index contributed by atoms with van der Waals surface area (Å²) in [6.07, 6.45) is 0. The lowest BCUT2D eigenvalue weighted by Crippen LogP contribution is -1.76. The molecule has 0 aromatic heterocycles. The zero-order valence-electron chi connectivity index (χ0n) is 12.0. The third-order valence-corrected chi connectivity index (χ3v) is 5.28. The maximum absolute atomic E-state index is 8.56. The number of azide groups is 2. The molecule has 6 nitrogen and oxygen atoms in total. The summed E-state index contributed by atoms with van der Waals surface area (Å²) in [5.41, 5.74) is 20.3. The Morgan fingerprint density at radius 2 is 1.18 bits per heavy atom. The smallest absolute Gasteiger partial charge is 0.0415 e. The minimum atomic E-state index is 0.631. The average molecular weight is 328 g/mol. The predicted molar refractivity (Wildman–Crippen MR) is 91.7 cm³/mol. The van der Waals surface area contributed by atoms with E-state index in [0.29, 0.717) is 11.4 Å². The average Bonchev–Trinajstić information content (AvgIpc) is 2.51. The van der Waals surface area contributed by atoms with E-state index in [1.807, 2.05) is 50.2 Å². The highest BCUT2D eigenvalue weighted by Gasteiger charge is 2.03. The van der Waals surface area contributed by atoms with Gasteiger partial charge in [-0.25, -0.2) is 0 Å². The van der Waals surface area contributed by atoms with Crippen molar-refractivity contribution in [3.63, 3.8) is 0 Å². The van der Waals surface area contributed by atoms with Gasteiger partial charge in [0.1, 0.15) is 0 Å². The summed E-state index contributed by atoms with van der Waals surface area (Å²) >= 11 is 0. The Kier molecular flexibility index (Phi) is 5.63. The lowest BCUT2D eigenvalue weighted by atomic mass is 10.2. The lowest BCUT2D eigenvalue weighted by molar-refractivity contribution is 1.32. The van der Waals surface area contributed by atoms with E-state index < -0.39 is 0 Å². The molecular formula is C14H12N6S2. The molecule has 0 unspecified atom stereocenters. The molecule has 8 heteroatoms. The second kappa shape index (κ2) is 7.68. The largest absolute Gasteiger partial charge is 0.0605 e. The lowest BCUT2D eigenvalue weighted by Gasteiger charge is -2.06. The molecule has 0 saturated heterocycles. The van der Waals surface area contributed by atoms with Gasteiger partial charge in [-0.05, 0) is 60.3 Å². The van der Waals surface area contributed by atoms with Crippen LogP contribution in [0.5, 0.6) is 0 Å². The third-order valence-electron chi connectivity index (χ3n) is 2.90. The second-order valence-electron chi connectivity index (χ2n) is 4.44. The maximum Gasteiger partial charge on any atom is 0.0415 e. The van der Waals surface area contributed by atoms with Gasteiger partial charge in [-0.15, -0.1) is 0 Å². The molecule has 0 radical (unpaired) electrons. The van der Waals surface area contributed by atoms with E-state index in [1.165, 1.54) is 0 Å². The molecule has 2 rings (SSSR count). The standard InChI is InChI=1S/C14H12N6S2/c1-9-3-5-11(7-13(9)17-19-15)21-22-12-6-4-10(2)14(8-12)18-20-16/h3-8H,1-2H3. The molecule has 0 aliphatic rings. The Morgan fingerprint density at radius 3 is 1.55 bits per heavy atom. The summed E-state index contributed by atoms with van der Waals surface area (Å²) in [4.78, 5) is 7.64. The monoisotopic (exact) mass is 328 g/mol. The third kappa shape index (κ3) is 4.13. The Balaban J connectivity index is 2.16. The molecule has 22 heavy (non-hydrogen) atoms. The van der Waals surface area contributed by atoms with Crippen LogP contribution >= 0.6 is 21.6 Å². The molecule has 0 aliphatic carbocycles. The maximum atomic E-state index is 8.56. The Bertz CT molecular complexity index is 724. The minimum absolute atomic E-state index is 0.631. The van der Waals surface area contributed by atoms with Gasteiger partial charge in [0.15, 0.2) is 0 Å². The molecule has 0 spiro atoms. The Labute approximate surface area is 135 Å². The van der Waals surface area contributed by atoms with E-state index >= 15 is 0 Å². The first-order valence-electron chi connectivity index (χ1n) is 6.30. The Hall–Kier alpha value is -2.24. The van der Waals surface area contributed by atoms with E-state index in [2.05, 4.69) is 20.1 Å². The number of aryl methyl sites for hydroxylation is 2. The fourth-order valence-corrected chi connectivity index (χ4v) is 3.65. The van der Waals surface area contributed by atoms with Crippen LogP contribution in [0.25, 0.3) is 20.9 Å². The van der Waals surface area contributed by atoms with Gasteiger partial charge in [0, 0.05) is 31.0 Å². The summed E-state index contributed by atoms with van der Waals surface area (Å²) in [7, 11) is 3.11. The van der Waals surface area contributed by atoms with Gasteiger partial charge >= 0.3 is 0 Å². The Morgan fingerprint density at radius 1 is 0.773 bits per heavy atom. The normalized spacial score (nSPS) is 9.73. The van der Waals surface area contributed by atoms with Gasteiger partial charge in [-0.1, -0.05) is 43.9 Å². The summed E-state index contributed by atoms with van der Waals surface area (Å²) in [5.74, 6) is 0. The van der Waals surface area contributed by atoms with Crippen molar-refractivity contribution < 1.29 is 0 Å². The predicted octanol–water partition coefficient (Wildman–Crippen LogP) is 6.99. The first-order chi connectivity index (χ1) is 10.6. The molecule has 0 saturated carbocycles. The molecule has 0 heterocycles. The van der Waals surface area contributed by atoms with Crippen LogP contribution in [-0.2, 0) is 0 Å². The van der Waals surface area contributed by atoms with E-state index in [0.717, 1.165) is 20.9 Å². The van der Waals surface area contributed by atoms with Crippen molar-refractivity contribution >= 4 is 33.0 Å². The van der Waals surface area contributed by atoms with Crippen molar-refractivity contribution in [1.29, 1.82) is 0 Å². The van der Waals surface area contributed by atoms with E-state index in [-0.39, 0.29) is 0 Å². The number of benzene rings is 2. The van der Waals surface area contributed by atoms with Gasteiger partial charge in [-0.2, -0.15) is 0 Å². The highest BCUT2D eigenvalue weighted by molar-refractivity contribution is 8.76. The van der Waals surface area contributed by atoms with Crippen LogP contribution in [0.4, 0.5) is 11.4 Å². The van der Waals surface area contributed by atoms with Gasteiger partial charge in [-0.3, -0.25) is 0 Å². The summed E-state index contributed by atoms with van der Waals surface area (Å²) < 4.78 is 0. The fraction of sp³-hybridized carbons (Fsp3) is 0.143. The molecule has 2 aromatic carbocycles. The van der Waals surface area contributed by atoms with Crippen LogP contribution in [0.1, 0.15) is 11.1 Å². The van der Waals surface area contributed by atoms with Crippen LogP contribution in [0, 0.1) is 13.8 Å². The molecule has 2 aromatic rings. The number of nitrogens with zero attached hydrogens (tertiary/aromatic N) is 6. The highest BCUT2D eigenvalue weighted by Crippen LogP contribution is 2.40. The van der Waals surface area contributed by atoms with Crippen LogP contribution in [0.2, 0.25) is 0 Å². The molecule has 0 fully saturated rings. The van der Waals surface area contributed by atoms with Crippen molar-refractivity contribution in [3.8, 4) is 0 Å². The van der Waals surface area contributed by atoms with E-state index in [4.69, 9.17) is 11.1 Å². The van der Waals surface area contributed by atoms with Crippen LogP contribution in [-0.4, -0.2) is 0 Å². The fourth-order valence-electron chi connectivity index (χ4n) is 1.69. The van der Waals surface area contributed by atoms with Gasteiger partial charge in [0.2, 0.25) is 0 Å². The van der Waals surface area contributed by atoms with Crippen molar-refractivity contribution in [3.05, 3.63) is 68.4 Å². The van der Waals surface area contributed by atoms with Crippen LogP contribution in [0.15, 0.2) is 56.4 Å². The molecule has 0 amide bonds. The zero-order valence-corrected chi connectivity index (χ0v) is 13.6. The summed E-state index contributed by atoms with van der Waals surface area (Å²) in [6.45, 7) is 3.80. The van der Waals surface area contributed by atoms with Crippen molar-refractivity contribution in [2.45, 2.75) is 23.6 Å². The SMILES string of the molecule is Cc1ccc(SSc2ccc(C)c(N=[N+]=[N-])c2)cc1N=[N+]=[N-]. The minimum Gasteiger partial charge on any atom is -0.0605 e. The first kappa shape index (κ1) is 16.1. The van der Waals surface area contributed by atoms with Crippen molar-refractivity contribution in [1.82, 2.24) is 0 Å². The second-order valence-corrected chi connectivity index (χ2v) is 6.72. The van der Waals surface area contributed by atoms with Crippen molar-refractivity contribution in [2.75, 3.05) is 0 Å². The topological polar surface area (TPSA) is 97.5 Å². The first-order valence-corrected chi connectivity index (χ1v) is 8.45. The van der Waals surface area contributed by atoms with Gasteiger partial charge in [0.25, 0.3) is 0 Å². The van der Waals surface area contributed by atoms with E-state index in [9.17, 15) is 0 Å². The number of rotatable bonds is 5. The zero-order chi connectivity index (χ0) is 15.9. The van der Waals surface area contributed by atoms with E-state index in [1.54, 1.807) is 21.6 Å². The number of hydrogen-bond donors (Lipinski definition) is 0. The molecule has 110 valence electrons. The van der Waals surface area contributed by atoms with Gasteiger partial charge < -0.3 is 0 Å². The number of hydrogen-bond acceptors (Lipinski definition) is 4. The molecule has 0 bridgehead atoms. The molecule has 0 aliphatic heterocycles. The highest BCUT2D eigenvalue weighted by atomic mass is 33.1. The quantitative estimate of drug-likeness (QED) is 0.256. The van der Waals surface area contributed by atoms with Crippen LogP contribution < -0.4 is 0 Å². The molecule has 0 N–H and O–H groups in total.